The molecule has 0 saturated carbocycles. The van der Waals surface area contributed by atoms with E-state index in [0.29, 0.717) is 18.0 Å². The van der Waals surface area contributed by atoms with Crippen molar-refractivity contribution in [1.82, 2.24) is 5.32 Å². The third-order valence-electron chi connectivity index (χ3n) is 4.64. The zero-order valence-corrected chi connectivity index (χ0v) is 17.2. The van der Waals surface area contributed by atoms with E-state index in [9.17, 15) is 9.59 Å². The molecule has 5 heteroatoms. The number of nitrogens with zero attached hydrogens (tertiary/aromatic N) is 1. The topological polar surface area (TPSA) is 61.4 Å². The van der Waals surface area contributed by atoms with Crippen molar-refractivity contribution in [1.29, 1.82) is 0 Å². The average molecular weight is 382 g/mol. The molecule has 28 heavy (non-hydrogen) atoms. The van der Waals surface area contributed by atoms with Crippen molar-refractivity contribution >= 4 is 23.3 Å². The van der Waals surface area contributed by atoms with Crippen molar-refractivity contribution in [2.24, 2.45) is 5.92 Å². The summed E-state index contributed by atoms with van der Waals surface area (Å²) in [5.74, 6) is 0.645. The smallest absolute Gasteiger partial charge is 0.319 e. The van der Waals surface area contributed by atoms with E-state index in [2.05, 4.69) is 24.5 Å². The Balaban J connectivity index is 1.84. The number of rotatable bonds is 8. The van der Waals surface area contributed by atoms with Crippen LogP contribution >= 0.6 is 0 Å². The van der Waals surface area contributed by atoms with Crippen molar-refractivity contribution < 1.29 is 9.59 Å². The summed E-state index contributed by atoms with van der Waals surface area (Å²) >= 11 is 0. The maximum absolute atomic E-state index is 12.5. The number of anilines is 2. The fourth-order valence-corrected chi connectivity index (χ4v) is 2.84. The highest BCUT2D eigenvalue weighted by molar-refractivity contribution is 5.94. The first-order valence-electron chi connectivity index (χ1n) is 9.83. The van der Waals surface area contributed by atoms with Crippen molar-refractivity contribution in [3.8, 4) is 0 Å². The lowest BCUT2D eigenvalue weighted by Crippen LogP contribution is -2.36. The van der Waals surface area contributed by atoms with Crippen LogP contribution in [0.2, 0.25) is 0 Å². The van der Waals surface area contributed by atoms with Crippen LogP contribution < -0.4 is 15.5 Å². The average Bonchev–Trinajstić information content (AvgIpc) is 2.68. The number of para-hydroxylation sites is 1. The quantitative estimate of drug-likeness (QED) is 0.687. The van der Waals surface area contributed by atoms with Crippen molar-refractivity contribution in [2.75, 3.05) is 17.3 Å². The fourth-order valence-electron chi connectivity index (χ4n) is 2.84. The van der Waals surface area contributed by atoms with Crippen LogP contribution in [0, 0.1) is 5.92 Å². The minimum absolute atomic E-state index is 0.0172. The predicted molar refractivity (Wildman–Crippen MR) is 116 cm³/mol. The van der Waals surface area contributed by atoms with E-state index >= 15 is 0 Å². The van der Waals surface area contributed by atoms with Crippen molar-refractivity contribution in [3.63, 3.8) is 0 Å². The first-order valence-corrected chi connectivity index (χ1v) is 9.83. The van der Waals surface area contributed by atoms with Gasteiger partial charge in [0.2, 0.25) is 5.91 Å². The van der Waals surface area contributed by atoms with Gasteiger partial charge in [-0.25, -0.2) is 4.79 Å². The molecule has 2 aromatic carbocycles. The third kappa shape index (κ3) is 7.06. The molecule has 0 aliphatic heterocycles. The molecule has 0 saturated heterocycles. The maximum Gasteiger partial charge on any atom is 0.319 e. The second-order valence-corrected chi connectivity index (χ2v) is 7.63. The molecule has 0 spiro atoms. The summed E-state index contributed by atoms with van der Waals surface area (Å²) in [5.41, 5.74) is 2.49. The number of amides is 3. The number of urea groups is 1. The Morgan fingerprint density at radius 2 is 1.57 bits per heavy atom. The highest BCUT2D eigenvalue weighted by atomic mass is 16.2. The van der Waals surface area contributed by atoms with Crippen LogP contribution in [-0.4, -0.2) is 25.0 Å². The number of hydrogen-bond acceptors (Lipinski definition) is 2. The van der Waals surface area contributed by atoms with E-state index in [1.807, 2.05) is 61.5 Å². The molecule has 0 aliphatic carbocycles. The molecule has 0 aliphatic rings. The van der Waals surface area contributed by atoms with Gasteiger partial charge in [0.05, 0.1) is 6.42 Å². The zero-order chi connectivity index (χ0) is 20.5. The summed E-state index contributed by atoms with van der Waals surface area (Å²) in [6.07, 6.45) is 2.35. The van der Waals surface area contributed by atoms with Gasteiger partial charge in [-0.3, -0.25) is 4.79 Å². The Labute approximate surface area is 168 Å². The van der Waals surface area contributed by atoms with E-state index in [1.165, 1.54) is 0 Å². The van der Waals surface area contributed by atoms with Crippen LogP contribution in [0.4, 0.5) is 16.2 Å². The van der Waals surface area contributed by atoms with Crippen LogP contribution in [0.15, 0.2) is 54.6 Å². The molecule has 0 radical (unpaired) electrons. The number of carbonyl (C=O) groups excluding carboxylic acids is 2. The molecule has 3 amide bonds. The highest BCUT2D eigenvalue weighted by Gasteiger charge is 2.12. The molecule has 150 valence electrons. The summed E-state index contributed by atoms with van der Waals surface area (Å²) in [6.45, 7) is 6.37. The van der Waals surface area contributed by atoms with Crippen LogP contribution in [0.5, 0.6) is 0 Å². The summed E-state index contributed by atoms with van der Waals surface area (Å²) in [6, 6.07) is 16.9. The highest BCUT2D eigenvalue weighted by Crippen LogP contribution is 2.15. The largest absolute Gasteiger partial charge is 0.335 e. The van der Waals surface area contributed by atoms with Crippen LogP contribution in [0.25, 0.3) is 0 Å². The molecule has 2 aromatic rings. The van der Waals surface area contributed by atoms with Gasteiger partial charge in [0.25, 0.3) is 0 Å². The molecule has 1 unspecified atom stereocenters. The number of hydrogen-bond donors (Lipinski definition) is 2. The van der Waals surface area contributed by atoms with E-state index < -0.39 is 0 Å². The van der Waals surface area contributed by atoms with Gasteiger partial charge in [0.15, 0.2) is 0 Å². The van der Waals surface area contributed by atoms with Gasteiger partial charge in [0.1, 0.15) is 0 Å². The lowest BCUT2D eigenvalue weighted by molar-refractivity contribution is -0.117. The van der Waals surface area contributed by atoms with Crippen LogP contribution in [-0.2, 0) is 11.2 Å². The first-order chi connectivity index (χ1) is 13.3. The number of carbonyl (C=O) groups is 2. The second-order valence-electron chi connectivity index (χ2n) is 7.63. The summed E-state index contributed by atoms with van der Waals surface area (Å²) in [5, 5.41) is 5.80. The Hall–Kier alpha value is -2.82. The number of likely N-dealkylation sites (N-methyl/N-ethyl adjacent to an activating group) is 1. The van der Waals surface area contributed by atoms with E-state index in [0.717, 1.165) is 24.1 Å². The molecule has 0 bridgehead atoms. The zero-order valence-electron chi connectivity index (χ0n) is 17.2. The van der Waals surface area contributed by atoms with Crippen molar-refractivity contribution in [2.45, 2.75) is 46.1 Å². The molecular weight excluding hydrogens is 350 g/mol. The Kier molecular flexibility index (Phi) is 8.05. The monoisotopic (exact) mass is 381 g/mol. The standard InChI is InChI=1S/C23H31N3O2/c1-17(2)10-11-18(3)24-23(28)25-20-14-12-19(13-15-20)16-22(27)26(4)21-8-6-5-7-9-21/h5-9,12-15,17-18H,10-11,16H2,1-4H3,(H2,24,25,28). The van der Waals surface area contributed by atoms with Crippen LogP contribution in [0.1, 0.15) is 39.2 Å². The molecular formula is C23H31N3O2. The first kappa shape index (κ1) is 21.5. The van der Waals surface area contributed by atoms with Gasteiger partial charge in [-0.05, 0) is 55.5 Å². The molecule has 0 aromatic heterocycles. The maximum atomic E-state index is 12.5. The lowest BCUT2D eigenvalue weighted by Gasteiger charge is -2.17. The summed E-state index contributed by atoms with van der Waals surface area (Å²) in [4.78, 5) is 26.2. The van der Waals surface area contributed by atoms with Crippen molar-refractivity contribution in [3.05, 3.63) is 60.2 Å². The normalized spacial score (nSPS) is 11.8. The Morgan fingerprint density at radius 3 is 2.18 bits per heavy atom. The minimum Gasteiger partial charge on any atom is -0.335 e. The van der Waals surface area contributed by atoms with Gasteiger partial charge in [-0.15, -0.1) is 0 Å². The molecule has 2 N–H and O–H groups in total. The molecule has 0 fully saturated rings. The summed E-state index contributed by atoms with van der Waals surface area (Å²) < 4.78 is 0. The molecule has 5 nitrogen and oxygen atoms in total. The minimum atomic E-state index is -0.205. The van der Waals surface area contributed by atoms with E-state index in [1.54, 1.807) is 11.9 Å². The van der Waals surface area contributed by atoms with Crippen LogP contribution in [0.3, 0.4) is 0 Å². The molecule has 1 atom stereocenters. The number of nitrogens with one attached hydrogen (secondary N) is 2. The lowest BCUT2D eigenvalue weighted by atomic mass is 10.0. The molecule has 0 heterocycles. The van der Waals surface area contributed by atoms with Gasteiger partial charge < -0.3 is 15.5 Å². The summed E-state index contributed by atoms with van der Waals surface area (Å²) in [7, 11) is 1.78. The Bertz CT molecular complexity index is 757. The second kappa shape index (κ2) is 10.5. The fraction of sp³-hybridized carbons (Fsp3) is 0.391. The third-order valence-corrected chi connectivity index (χ3v) is 4.64. The van der Waals surface area contributed by atoms with Gasteiger partial charge in [-0.1, -0.05) is 44.2 Å². The van der Waals surface area contributed by atoms with E-state index in [-0.39, 0.29) is 18.0 Å². The van der Waals surface area contributed by atoms with Gasteiger partial charge >= 0.3 is 6.03 Å². The van der Waals surface area contributed by atoms with Gasteiger partial charge in [-0.2, -0.15) is 0 Å². The predicted octanol–water partition coefficient (Wildman–Crippen LogP) is 4.84. The number of benzene rings is 2. The SMILES string of the molecule is CC(C)CCC(C)NC(=O)Nc1ccc(CC(=O)N(C)c2ccccc2)cc1. The van der Waals surface area contributed by atoms with E-state index in [4.69, 9.17) is 0 Å². The Morgan fingerprint density at radius 1 is 0.929 bits per heavy atom. The van der Waals surface area contributed by atoms with Gasteiger partial charge in [0, 0.05) is 24.5 Å². The molecule has 2 rings (SSSR count).